The van der Waals surface area contributed by atoms with Crippen LogP contribution in [0.1, 0.15) is 17.7 Å². The summed E-state index contributed by atoms with van der Waals surface area (Å²) in [6.07, 6.45) is 2.66. The van der Waals surface area contributed by atoms with Gasteiger partial charge in [-0.1, -0.05) is 18.2 Å². The minimum Gasteiger partial charge on any atom is -0.341 e. The molecule has 9 heteroatoms. The van der Waals surface area contributed by atoms with Crippen molar-refractivity contribution in [2.24, 2.45) is 5.92 Å². The van der Waals surface area contributed by atoms with Crippen LogP contribution < -0.4 is 10.9 Å². The first-order valence-corrected chi connectivity index (χ1v) is 12.9. The maximum absolute atomic E-state index is 13.2. The summed E-state index contributed by atoms with van der Waals surface area (Å²) >= 11 is 3.08. The average Bonchev–Trinajstić information content (AvgIpc) is 3.48. The van der Waals surface area contributed by atoms with E-state index in [0.29, 0.717) is 36.1 Å². The van der Waals surface area contributed by atoms with Crippen LogP contribution in [0.5, 0.6) is 0 Å². The summed E-state index contributed by atoms with van der Waals surface area (Å²) in [4.78, 5) is 47.8. The Morgan fingerprint density at radius 2 is 1.88 bits per heavy atom. The molecule has 1 aliphatic heterocycles. The number of para-hydroxylation sites is 1. The summed E-state index contributed by atoms with van der Waals surface area (Å²) in [5, 5.41) is 5.47. The number of hydrogen-bond acceptors (Lipinski definition) is 6. The first-order valence-electron chi connectivity index (χ1n) is 11.2. The number of anilines is 1. The quantitative estimate of drug-likeness (QED) is 0.448. The van der Waals surface area contributed by atoms with Gasteiger partial charge >= 0.3 is 0 Å². The van der Waals surface area contributed by atoms with Crippen LogP contribution in [-0.2, 0) is 16.1 Å². The second-order valence-corrected chi connectivity index (χ2v) is 10.6. The lowest BCUT2D eigenvalue weighted by Gasteiger charge is -2.31. The fraction of sp³-hybridized carbons (Fsp3) is 0.280. The van der Waals surface area contributed by atoms with Gasteiger partial charge in [0, 0.05) is 45.4 Å². The van der Waals surface area contributed by atoms with Gasteiger partial charge in [0.05, 0.1) is 11.7 Å². The predicted molar refractivity (Wildman–Crippen MR) is 136 cm³/mol. The van der Waals surface area contributed by atoms with Crippen molar-refractivity contribution in [1.29, 1.82) is 0 Å². The van der Waals surface area contributed by atoms with Gasteiger partial charge in [-0.15, -0.1) is 22.7 Å². The maximum Gasteiger partial charge on any atom is 0.263 e. The Bertz CT molecular complexity index is 1400. The number of likely N-dealkylation sites (tertiary alicyclic amines) is 1. The van der Waals surface area contributed by atoms with Gasteiger partial charge in [-0.2, -0.15) is 0 Å². The van der Waals surface area contributed by atoms with Gasteiger partial charge < -0.3 is 10.2 Å². The van der Waals surface area contributed by atoms with E-state index in [1.807, 2.05) is 54.8 Å². The molecule has 174 valence electrons. The number of piperidine rings is 1. The van der Waals surface area contributed by atoms with Crippen molar-refractivity contribution in [2.75, 3.05) is 18.4 Å². The molecule has 1 fully saturated rings. The number of fused-ring (bicyclic) bond motifs is 1. The molecule has 5 rings (SSSR count). The summed E-state index contributed by atoms with van der Waals surface area (Å²) < 4.78 is 1.40. The Labute approximate surface area is 204 Å². The molecule has 0 unspecified atom stereocenters. The van der Waals surface area contributed by atoms with Crippen LogP contribution in [0, 0.1) is 12.8 Å². The minimum absolute atomic E-state index is 0.0158. The zero-order valence-electron chi connectivity index (χ0n) is 18.7. The molecule has 0 radical (unpaired) electrons. The molecule has 1 saturated heterocycles. The van der Waals surface area contributed by atoms with Crippen LogP contribution in [0.3, 0.4) is 0 Å². The van der Waals surface area contributed by atoms with Gasteiger partial charge in [0.15, 0.2) is 0 Å². The molecule has 1 N–H and O–H groups in total. The molecule has 1 aliphatic rings. The Morgan fingerprint density at radius 3 is 2.59 bits per heavy atom. The van der Waals surface area contributed by atoms with Crippen LogP contribution in [-0.4, -0.2) is 39.4 Å². The molecule has 1 aromatic carbocycles. The fourth-order valence-electron chi connectivity index (χ4n) is 4.24. The summed E-state index contributed by atoms with van der Waals surface area (Å²) in [7, 11) is 0. The maximum atomic E-state index is 13.2. The van der Waals surface area contributed by atoms with Crippen molar-refractivity contribution < 1.29 is 9.59 Å². The number of nitrogens with one attached hydrogen (secondary N) is 1. The molecule has 0 atom stereocenters. The van der Waals surface area contributed by atoms with Crippen molar-refractivity contribution in [3.63, 3.8) is 0 Å². The zero-order chi connectivity index (χ0) is 23.7. The summed E-state index contributed by atoms with van der Waals surface area (Å²) in [5.74, 6) is -0.278. The second kappa shape index (κ2) is 9.52. The van der Waals surface area contributed by atoms with Crippen molar-refractivity contribution in [2.45, 2.75) is 26.3 Å². The molecule has 0 aliphatic carbocycles. The van der Waals surface area contributed by atoms with E-state index in [1.54, 1.807) is 16.2 Å². The third-order valence-corrected chi connectivity index (χ3v) is 8.05. The highest BCUT2D eigenvalue weighted by Crippen LogP contribution is 2.34. The second-order valence-electron chi connectivity index (χ2n) is 8.43. The Balaban J connectivity index is 1.25. The number of carbonyl (C=O) groups excluding carboxylic acids is 2. The number of thiophene rings is 2. The Morgan fingerprint density at radius 1 is 1.12 bits per heavy atom. The van der Waals surface area contributed by atoms with E-state index in [2.05, 4.69) is 10.3 Å². The van der Waals surface area contributed by atoms with Gasteiger partial charge in [0.2, 0.25) is 11.8 Å². The highest BCUT2D eigenvalue weighted by atomic mass is 32.1. The average molecular weight is 493 g/mol. The van der Waals surface area contributed by atoms with Crippen LogP contribution in [0.4, 0.5) is 5.69 Å². The van der Waals surface area contributed by atoms with Crippen LogP contribution >= 0.6 is 22.7 Å². The highest BCUT2D eigenvalue weighted by Gasteiger charge is 2.28. The Hall–Kier alpha value is -3.30. The van der Waals surface area contributed by atoms with Crippen molar-refractivity contribution in [1.82, 2.24) is 14.5 Å². The highest BCUT2D eigenvalue weighted by molar-refractivity contribution is 7.19. The molecular weight excluding hydrogens is 468 g/mol. The van der Waals surface area contributed by atoms with Gasteiger partial charge in [-0.05, 0) is 44.0 Å². The minimum atomic E-state index is -0.197. The first kappa shape index (κ1) is 22.5. The number of rotatable bonds is 5. The summed E-state index contributed by atoms with van der Waals surface area (Å²) in [5.41, 5.74) is 1.46. The van der Waals surface area contributed by atoms with E-state index in [9.17, 15) is 14.4 Å². The number of amides is 2. The topological polar surface area (TPSA) is 84.3 Å². The SMILES string of the molecule is Cc1ccc(-c2csc3ncn(CC(=O)N4CCC(C(=O)Nc5ccccc5)CC4)c(=O)c23)s1. The third-order valence-electron chi connectivity index (χ3n) is 6.13. The van der Waals surface area contributed by atoms with Crippen LogP contribution in [0.2, 0.25) is 0 Å². The molecule has 34 heavy (non-hydrogen) atoms. The zero-order valence-corrected chi connectivity index (χ0v) is 20.3. The van der Waals surface area contributed by atoms with Crippen molar-refractivity contribution in [3.05, 3.63) is 69.4 Å². The van der Waals surface area contributed by atoms with E-state index >= 15 is 0 Å². The molecule has 4 aromatic rings. The van der Waals surface area contributed by atoms with Crippen molar-refractivity contribution in [3.8, 4) is 10.4 Å². The molecule has 7 nitrogen and oxygen atoms in total. The molecule has 0 spiro atoms. The lowest BCUT2D eigenvalue weighted by atomic mass is 9.95. The lowest BCUT2D eigenvalue weighted by Crippen LogP contribution is -2.43. The number of nitrogens with zero attached hydrogens (tertiary/aromatic N) is 3. The smallest absolute Gasteiger partial charge is 0.263 e. The predicted octanol–water partition coefficient (Wildman–Crippen LogP) is 4.37. The molecule has 2 amide bonds. The Kier molecular flexibility index (Phi) is 6.30. The van der Waals surface area contributed by atoms with Gasteiger partial charge in [-0.25, -0.2) is 4.98 Å². The molecular formula is C25H24N4O3S2. The third kappa shape index (κ3) is 4.53. The van der Waals surface area contributed by atoms with E-state index in [1.165, 1.54) is 27.1 Å². The lowest BCUT2D eigenvalue weighted by molar-refractivity contribution is -0.135. The number of aryl methyl sites for hydroxylation is 1. The number of hydrogen-bond donors (Lipinski definition) is 1. The van der Waals surface area contributed by atoms with Crippen molar-refractivity contribution >= 4 is 50.4 Å². The fourth-order valence-corrected chi connectivity index (χ4v) is 6.11. The van der Waals surface area contributed by atoms with E-state index in [4.69, 9.17) is 0 Å². The molecule has 4 heterocycles. The molecule has 0 bridgehead atoms. The standard InChI is InChI=1S/C25H24N4O3S2/c1-16-7-8-20(34-16)19-14-33-24-22(19)25(32)29(15-26-24)13-21(30)28-11-9-17(10-12-28)23(31)27-18-5-3-2-4-6-18/h2-8,14-15,17H,9-13H2,1H3,(H,27,31). The van der Waals surface area contributed by atoms with Crippen LogP contribution in [0.25, 0.3) is 20.7 Å². The molecule has 3 aromatic heterocycles. The van der Waals surface area contributed by atoms with Gasteiger partial charge in [0.25, 0.3) is 5.56 Å². The summed E-state index contributed by atoms with van der Waals surface area (Å²) in [6, 6.07) is 13.4. The van der Waals surface area contributed by atoms with E-state index in [-0.39, 0.29) is 29.8 Å². The van der Waals surface area contributed by atoms with E-state index < -0.39 is 0 Å². The van der Waals surface area contributed by atoms with Gasteiger partial charge in [-0.3, -0.25) is 19.0 Å². The van der Waals surface area contributed by atoms with Gasteiger partial charge in [0.1, 0.15) is 11.4 Å². The normalized spacial score (nSPS) is 14.4. The largest absolute Gasteiger partial charge is 0.341 e. The number of aromatic nitrogens is 2. The number of carbonyl (C=O) groups is 2. The summed E-state index contributed by atoms with van der Waals surface area (Å²) in [6.45, 7) is 2.97. The van der Waals surface area contributed by atoms with Crippen LogP contribution in [0.15, 0.2) is 59.0 Å². The molecule has 0 saturated carbocycles. The first-order chi connectivity index (χ1) is 16.5. The van der Waals surface area contributed by atoms with E-state index in [0.717, 1.165) is 16.1 Å². The number of benzene rings is 1. The monoisotopic (exact) mass is 492 g/mol.